The van der Waals surface area contributed by atoms with Crippen molar-refractivity contribution in [1.29, 1.82) is 0 Å². The van der Waals surface area contributed by atoms with Crippen LogP contribution in [0.1, 0.15) is 27.2 Å². The van der Waals surface area contributed by atoms with Crippen LogP contribution in [0.3, 0.4) is 0 Å². The van der Waals surface area contributed by atoms with Crippen molar-refractivity contribution < 1.29 is 4.74 Å². The lowest BCUT2D eigenvalue weighted by Crippen LogP contribution is -2.20. The molecule has 1 unspecified atom stereocenters. The standard InChI is InChI=1S/C12H23N5OS/c1-5-7-13-10-15-11(14-9(3)8-19-4)17-12(16-10)18-6-2/h9H,5-8H2,1-4H3,(H2,13,14,15,16,17). The van der Waals surface area contributed by atoms with Gasteiger partial charge >= 0.3 is 6.01 Å². The molecule has 1 aromatic rings. The highest BCUT2D eigenvalue weighted by molar-refractivity contribution is 7.98. The molecule has 0 saturated heterocycles. The van der Waals surface area contributed by atoms with Crippen LogP contribution < -0.4 is 15.4 Å². The molecule has 1 heterocycles. The second-order valence-corrected chi connectivity index (χ2v) is 5.04. The number of ether oxygens (including phenoxy) is 1. The molecule has 0 saturated carbocycles. The third-order valence-electron chi connectivity index (χ3n) is 2.21. The van der Waals surface area contributed by atoms with Crippen molar-refractivity contribution in [3.8, 4) is 6.01 Å². The molecule has 6 nitrogen and oxygen atoms in total. The average molecular weight is 285 g/mol. The van der Waals surface area contributed by atoms with E-state index in [9.17, 15) is 0 Å². The highest BCUT2D eigenvalue weighted by Gasteiger charge is 2.09. The van der Waals surface area contributed by atoms with E-state index in [0.29, 0.717) is 30.6 Å². The summed E-state index contributed by atoms with van der Waals surface area (Å²) in [6.45, 7) is 7.47. The van der Waals surface area contributed by atoms with E-state index in [4.69, 9.17) is 4.74 Å². The Kier molecular flexibility index (Phi) is 7.32. The van der Waals surface area contributed by atoms with Crippen molar-refractivity contribution in [2.24, 2.45) is 0 Å². The summed E-state index contributed by atoms with van der Waals surface area (Å²) in [7, 11) is 0. The molecule has 7 heteroatoms. The van der Waals surface area contributed by atoms with E-state index in [0.717, 1.165) is 18.7 Å². The minimum atomic E-state index is 0.297. The molecule has 0 fully saturated rings. The first-order valence-electron chi connectivity index (χ1n) is 6.57. The predicted octanol–water partition coefficient (Wildman–Crippen LogP) is 2.26. The minimum absolute atomic E-state index is 0.297. The van der Waals surface area contributed by atoms with Crippen LogP contribution in [-0.2, 0) is 0 Å². The Labute approximate surface area is 119 Å². The maximum Gasteiger partial charge on any atom is 0.323 e. The number of aromatic nitrogens is 3. The Hall–Kier alpha value is -1.24. The van der Waals surface area contributed by atoms with Gasteiger partial charge in [0.1, 0.15) is 0 Å². The highest BCUT2D eigenvalue weighted by Crippen LogP contribution is 2.13. The van der Waals surface area contributed by atoms with E-state index >= 15 is 0 Å². The van der Waals surface area contributed by atoms with E-state index < -0.39 is 0 Å². The molecule has 1 rings (SSSR count). The lowest BCUT2D eigenvalue weighted by atomic mass is 10.4. The van der Waals surface area contributed by atoms with Crippen LogP contribution in [0, 0.1) is 0 Å². The van der Waals surface area contributed by atoms with E-state index in [2.05, 4.69) is 45.7 Å². The maximum absolute atomic E-state index is 5.36. The van der Waals surface area contributed by atoms with Gasteiger partial charge in [-0.25, -0.2) is 0 Å². The number of nitrogens with one attached hydrogen (secondary N) is 2. The molecule has 0 spiro atoms. The summed E-state index contributed by atoms with van der Waals surface area (Å²) in [5.74, 6) is 2.10. The fourth-order valence-electron chi connectivity index (χ4n) is 1.44. The first-order chi connectivity index (χ1) is 9.19. The third-order valence-corrected chi connectivity index (χ3v) is 3.05. The van der Waals surface area contributed by atoms with Crippen molar-refractivity contribution in [3.63, 3.8) is 0 Å². The number of hydrogen-bond acceptors (Lipinski definition) is 7. The average Bonchev–Trinajstić information content (AvgIpc) is 2.36. The third kappa shape index (κ3) is 5.96. The summed E-state index contributed by atoms with van der Waals surface area (Å²) in [5, 5.41) is 6.41. The highest BCUT2D eigenvalue weighted by atomic mass is 32.2. The molecule has 0 bridgehead atoms. The van der Waals surface area contributed by atoms with Crippen LogP contribution in [-0.4, -0.2) is 46.2 Å². The van der Waals surface area contributed by atoms with Crippen LogP contribution in [0.2, 0.25) is 0 Å². The summed E-state index contributed by atoms with van der Waals surface area (Å²) in [5.41, 5.74) is 0. The normalized spacial score (nSPS) is 12.0. The summed E-state index contributed by atoms with van der Waals surface area (Å²) in [4.78, 5) is 12.8. The molecule has 19 heavy (non-hydrogen) atoms. The van der Waals surface area contributed by atoms with Gasteiger partial charge in [-0.1, -0.05) is 6.92 Å². The van der Waals surface area contributed by atoms with Gasteiger partial charge in [0, 0.05) is 18.3 Å². The smallest absolute Gasteiger partial charge is 0.323 e. The van der Waals surface area contributed by atoms with Gasteiger partial charge in [0.2, 0.25) is 11.9 Å². The Morgan fingerprint density at radius 3 is 2.58 bits per heavy atom. The Morgan fingerprint density at radius 1 is 1.21 bits per heavy atom. The second-order valence-electron chi connectivity index (χ2n) is 4.13. The van der Waals surface area contributed by atoms with Crippen molar-refractivity contribution in [3.05, 3.63) is 0 Å². The monoisotopic (exact) mass is 285 g/mol. The second kappa shape index (κ2) is 8.79. The zero-order chi connectivity index (χ0) is 14.1. The summed E-state index contributed by atoms with van der Waals surface area (Å²) in [6, 6.07) is 0.654. The maximum atomic E-state index is 5.36. The van der Waals surface area contributed by atoms with E-state index in [-0.39, 0.29) is 0 Å². The number of thioether (sulfide) groups is 1. The molecule has 2 N–H and O–H groups in total. The van der Waals surface area contributed by atoms with Crippen molar-refractivity contribution >= 4 is 23.7 Å². The van der Waals surface area contributed by atoms with Gasteiger partial charge in [0.15, 0.2) is 0 Å². The molecule has 0 amide bonds. The fourth-order valence-corrected chi connectivity index (χ4v) is 2.03. The van der Waals surface area contributed by atoms with Gasteiger partial charge in [-0.2, -0.15) is 26.7 Å². The van der Waals surface area contributed by atoms with Gasteiger partial charge in [-0.3, -0.25) is 0 Å². The predicted molar refractivity (Wildman–Crippen MR) is 81.2 cm³/mol. The number of rotatable bonds is 9. The van der Waals surface area contributed by atoms with Gasteiger partial charge in [-0.05, 0) is 26.5 Å². The molecule has 0 radical (unpaired) electrons. The van der Waals surface area contributed by atoms with Crippen molar-refractivity contribution in [1.82, 2.24) is 15.0 Å². The Bertz CT molecular complexity index is 377. The first-order valence-corrected chi connectivity index (χ1v) is 7.97. The number of nitrogens with zero attached hydrogens (tertiary/aromatic N) is 3. The zero-order valence-corrected chi connectivity index (χ0v) is 12.9. The van der Waals surface area contributed by atoms with E-state index in [1.165, 1.54) is 0 Å². The van der Waals surface area contributed by atoms with Gasteiger partial charge in [0.25, 0.3) is 0 Å². The van der Waals surface area contributed by atoms with Gasteiger partial charge in [0.05, 0.1) is 6.61 Å². The molecule has 0 aliphatic rings. The van der Waals surface area contributed by atoms with E-state index in [1.54, 1.807) is 11.8 Å². The summed E-state index contributed by atoms with van der Waals surface area (Å²) in [6.07, 6.45) is 3.09. The quantitative estimate of drug-likeness (QED) is 0.721. The molecular formula is C12H23N5OS. The van der Waals surface area contributed by atoms with Crippen LogP contribution in [0.25, 0.3) is 0 Å². The molecule has 0 aromatic carbocycles. The van der Waals surface area contributed by atoms with Crippen molar-refractivity contribution in [2.45, 2.75) is 33.2 Å². The number of anilines is 2. The molecule has 108 valence electrons. The van der Waals surface area contributed by atoms with Crippen LogP contribution in [0.4, 0.5) is 11.9 Å². The zero-order valence-electron chi connectivity index (χ0n) is 12.1. The summed E-state index contributed by atoms with van der Waals surface area (Å²) < 4.78 is 5.36. The Morgan fingerprint density at radius 2 is 1.95 bits per heavy atom. The van der Waals surface area contributed by atoms with Crippen LogP contribution >= 0.6 is 11.8 Å². The minimum Gasteiger partial charge on any atom is -0.464 e. The Balaban J connectivity index is 2.79. The molecule has 1 atom stereocenters. The topological polar surface area (TPSA) is 72.0 Å². The van der Waals surface area contributed by atoms with Crippen molar-refractivity contribution in [2.75, 3.05) is 35.8 Å². The summed E-state index contributed by atoms with van der Waals surface area (Å²) >= 11 is 1.78. The molecular weight excluding hydrogens is 262 g/mol. The SMILES string of the molecule is CCCNc1nc(NC(C)CSC)nc(OCC)n1. The lowest BCUT2D eigenvalue weighted by molar-refractivity contribution is 0.312. The van der Waals surface area contributed by atoms with Gasteiger partial charge < -0.3 is 15.4 Å². The van der Waals surface area contributed by atoms with Gasteiger partial charge in [-0.15, -0.1) is 0 Å². The largest absolute Gasteiger partial charge is 0.464 e. The van der Waals surface area contributed by atoms with Crippen LogP contribution in [0.5, 0.6) is 6.01 Å². The van der Waals surface area contributed by atoms with Crippen LogP contribution in [0.15, 0.2) is 0 Å². The van der Waals surface area contributed by atoms with E-state index in [1.807, 2.05) is 6.92 Å². The fraction of sp³-hybridized carbons (Fsp3) is 0.750. The molecule has 0 aliphatic carbocycles. The first kappa shape index (κ1) is 15.8. The number of hydrogen-bond donors (Lipinski definition) is 2. The molecule has 0 aliphatic heterocycles. The molecule has 1 aromatic heterocycles. The lowest BCUT2D eigenvalue weighted by Gasteiger charge is -2.14.